The summed E-state index contributed by atoms with van der Waals surface area (Å²) in [7, 11) is 9.37. The number of nitrogens with two attached hydrogens (primary N) is 1. The highest BCUT2D eigenvalue weighted by atomic mass is 35.5. The van der Waals surface area contributed by atoms with Crippen LogP contribution < -0.4 is 35.6 Å². The van der Waals surface area contributed by atoms with Crippen molar-refractivity contribution in [3.05, 3.63) is 75.3 Å². The lowest BCUT2D eigenvalue weighted by atomic mass is 10.1. The highest BCUT2D eigenvalue weighted by Gasteiger charge is 2.15. The number of carbonyl (C=O) groups excluding carboxylic acids is 2. The zero-order chi connectivity index (χ0) is 39.1. The Morgan fingerprint density at radius 2 is 1.25 bits per heavy atom. The van der Waals surface area contributed by atoms with Crippen LogP contribution in [-0.2, 0) is 16.6 Å². The van der Waals surface area contributed by atoms with Gasteiger partial charge in [-0.15, -0.1) is 0 Å². The number of aromatic nitrogens is 6. The summed E-state index contributed by atoms with van der Waals surface area (Å²) in [5.74, 6) is 0.765. The number of anilines is 2. The van der Waals surface area contributed by atoms with Gasteiger partial charge in [0.2, 0.25) is 16.4 Å². The van der Waals surface area contributed by atoms with E-state index in [9.17, 15) is 14.4 Å². The predicted octanol–water partition coefficient (Wildman–Crippen LogP) is 4.38. The first-order valence-corrected chi connectivity index (χ1v) is 15.4. The van der Waals surface area contributed by atoms with Crippen molar-refractivity contribution in [3.63, 3.8) is 0 Å². The van der Waals surface area contributed by atoms with Crippen LogP contribution in [0, 0.1) is 0 Å². The molecule has 3 aromatic heterocycles. The van der Waals surface area contributed by atoms with Crippen LogP contribution in [0.4, 0.5) is 11.5 Å². The van der Waals surface area contributed by atoms with Gasteiger partial charge in [-0.2, -0.15) is 9.97 Å². The van der Waals surface area contributed by atoms with Crippen LogP contribution >= 0.6 is 23.2 Å². The average molecular weight is 760 g/mol. The molecule has 0 fully saturated rings. The summed E-state index contributed by atoms with van der Waals surface area (Å²) in [5, 5.41) is 10.4. The fourth-order valence-corrected chi connectivity index (χ4v) is 4.20. The number of rotatable bonds is 8. The largest absolute Gasteiger partial charge is 0.497 e. The van der Waals surface area contributed by atoms with Gasteiger partial charge in [-0.25, -0.2) is 15.0 Å². The van der Waals surface area contributed by atoms with Gasteiger partial charge >= 0.3 is 0 Å². The molecular weight excluding hydrogens is 723 g/mol. The lowest BCUT2D eigenvalue weighted by molar-refractivity contribution is -0.134. The molecule has 0 saturated heterocycles. The number of ether oxygens (including phenoxy) is 4. The molecule has 19 heteroatoms. The van der Waals surface area contributed by atoms with E-state index >= 15 is 0 Å². The zero-order valence-corrected chi connectivity index (χ0v) is 30.9. The first-order valence-electron chi connectivity index (χ1n) is 14.6. The number of ketones is 2. The van der Waals surface area contributed by atoms with Crippen LogP contribution in [0.1, 0.15) is 24.2 Å². The van der Waals surface area contributed by atoms with E-state index < -0.39 is 17.5 Å². The van der Waals surface area contributed by atoms with Gasteiger partial charge in [0, 0.05) is 51.2 Å². The molecule has 3 heterocycles. The highest BCUT2D eigenvalue weighted by Crippen LogP contribution is 2.28. The van der Waals surface area contributed by atoms with E-state index in [-0.39, 0.29) is 27.4 Å². The van der Waals surface area contributed by atoms with Crippen molar-refractivity contribution in [2.75, 3.05) is 46.5 Å². The maximum absolute atomic E-state index is 12.6. The molecule has 0 saturated carbocycles. The third-order valence-electron chi connectivity index (χ3n) is 6.36. The maximum Gasteiger partial charge on any atom is 0.300 e. The lowest BCUT2D eigenvalue weighted by Gasteiger charge is -2.10. The Kier molecular flexibility index (Phi) is 16.1. The first-order chi connectivity index (χ1) is 24.6. The Hall–Kier alpha value is -6.07. The van der Waals surface area contributed by atoms with E-state index in [0.717, 1.165) is 6.92 Å². The van der Waals surface area contributed by atoms with Crippen molar-refractivity contribution in [1.82, 2.24) is 29.5 Å². The summed E-state index contributed by atoms with van der Waals surface area (Å²) in [4.78, 5) is 63.7. The fourth-order valence-electron chi connectivity index (χ4n) is 3.94. The molecule has 17 nitrogen and oxygen atoms in total. The molecule has 4 N–H and O–H groups in total. The summed E-state index contributed by atoms with van der Waals surface area (Å²) >= 11 is 11.3. The number of halogens is 2. The molecule has 0 spiro atoms. The van der Waals surface area contributed by atoms with Gasteiger partial charge in [-0.3, -0.25) is 23.7 Å². The highest BCUT2D eigenvalue weighted by molar-refractivity contribution is 6.43. The molecule has 5 aromatic rings. The van der Waals surface area contributed by atoms with Crippen molar-refractivity contribution in [2.24, 2.45) is 7.05 Å². The van der Waals surface area contributed by atoms with E-state index in [2.05, 4.69) is 30.2 Å². The molecule has 0 aliphatic heterocycles. The summed E-state index contributed by atoms with van der Waals surface area (Å²) in [6.07, 6.45) is 2.94. The topological polar surface area (TPSA) is 233 Å². The molecular formula is C33H36Cl2N8O9. The summed E-state index contributed by atoms with van der Waals surface area (Å²) in [5.41, 5.74) is 7.59. The van der Waals surface area contributed by atoms with E-state index in [1.807, 2.05) is 0 Å². The molecule has 0 amide bonds. The van der Waals surface area contributed by atoms with Crippen LogP contribution in [0.2, 0.25) is 10.6 Å². The summed E-state index contributed by atoms with van der Waals surface area (Å²) < 4.78 is 21.8. The summed E-state index contributed by atoms with van der Waals surface area (Å²) in [6, 6.07) is 9.80. The predicted molar refractivity (Wildman–Crippen MR) is 195 cm³/mol. The number of methoxy groups -OCH3 is 4. The van der Waals surface area contributed by atoms with Crippen molar-refractivity contribution in [3.8, 4) is 34.3 Å². The third-order valence-corrected chi connectivity index (χ3v) is 6.72. The summed E-state index contributed by atoms with van der Waals surface area (Å²) in [6.45, 7) is 2.31. The van der Waals surface area contributed by atoms with Crippen LogP contribution in [0.25, 0.3) is 22.4 Å². The SMILES string of the molecule is CC(=O)O.CNc1nc(Cl)ncc1N.COc1cc(OC)cc(-c2nc3cnc(Cl)nc3n(C)c2=O)c1.COc1cc(OC)cc(C(=O)C(C)=O)c1. The number of nitrogens with one attached hydrogen (secondary N) is 1. The molecule has 5 rings (SSSR count). The molecule has 0 aliphatic carbocycles. The van der Waals surface area contributed by atoms with E-state index in [4.69, 9.17) is 57.8 Å². The molecule has 276 valence electrons. The van der Waals surface area contributed by atoms with E-state index in [1.54, 1.807) is 52.6 Å². The number of aryl methyl sites for hydroxylation is 1. The van der Waals surface area contributed by atoms with Crippen LogP contribution in [0.15, 0.2) is 53.6 Å². The zero-order valence-electron chi connectivity index (χ0n) is 29.3. The number of nitrogens with zero attached hydrogens (tertiary/aromatic N) is 6. The Balaban J connectivity index is 0.000000277. The maximum atomic E-state index is 12.6. The molecule has 0 bridgehead atoms. The van der Waals surface area contributed by atoms with Gasteiger partial charge in [-0.05, 0) is 47.5 Å². The number of benzene rings is 2. The number of carboxylic acid groups (broad SMARTS) is 1. The number of fused-ring (bicyclic) bond motifs is 1. The normalized spacial score (nSPS) is 9.81. The first kappa shape index (κ1) is 42.1. The number of carboxylic acids is 1. The molecule has 0 radical (unpaired) electrons. The van der Waals surface area contributed by atoms with Crippen molar-refractivity contribution < 1.29 is 38.4 Å². The van der Waals surface area contributed by atoms with Crippen molar-refractivity contribution >= 4 is 63.4 Å². The minimum absolute atomic E-state index is 0.0603. The minimum Gasteiger partial charge on any atom is -0.497 e. The van der Waals surface area contributed by atoms with Crippen molar-refractivity contribution in [2.45, 2.75) is 13.8 Å². The smallest absolute Gasteiger partial charge is 0.300 e. The van der Waals surface area contributed by atoms with Gasteiger partial charge < -0.3 is 35.1 Å². The van der Waals surface area contributed by atoms with Crippen LogP contribution in [0.5, 0.6) is 23.0 Å². The Labute approximate surface area is 307 Å². The number of hydrogen-bond acceptors (Lipinski definition) is 15. The quantitative estimate of drug-likeness (QED) is 0.113. The number of nitrogen functional groups attached to an aromatic ring is 1. The fraction of sp³-hybridized carbons (Fsp3) is 0.242. The molecule has 0 unspecified atom stereocenters. The minimum atomic E-state index is -0.833. The van der Waals surface area contributed by atoms with Gasteiger partial charge in [0.05, 0.1) is 46.5 Å². The van der Waals surface area contributed by atoms with Gasteiger partial charge in [0.1, 0.15) is 34.2 Å². The third kappa shape index (κ3) is 12.1. The van der Waals surface area contributed by atoms with E-state index in [1.165, 1.54) is 50.2 Å². The molecule has 52 heavy (non-hydrogen) atoms. The number of carbonyl (C=O) groups is 3. The molecule has 0 aliphatic rings. The van der Waals surface area contributed by atoms with Crippen molar-refractivity contribution in [1.29, 1.82) is 0 Å². The van der Waals surface area contributed by atoms with Crippen LogP contribution in [0.3, 0.4) is 0 Å². The number of hydrogen-bond donors (Lipinski definition) is 3. The van der Waals surface area contributed by atoms with Gasteiger partial charge in [-0.1, -0.05) is 0 Å². The standard InChI is InChI=1S/C15H13ClN4O3.C11H12O4.C5H7ClN4.C2H4O2/c1-20-13-11(7-17-15(16)19-13)18-12(14(20)21)8-4-9(22-2)6-10(5-8)23-3;1-7(12)11(13)8-4-9(14-2)6-10(5-8)15-3;1-8-4-3(7)2-9-5(6)10-4;1-2(3)4/h4-7H,1-3H3;4-6H,1-3H3;2H,7H2,1H3,(H,8,9,10);1H3,(H,3,4). The Morgan fingerprint density at radius 1 is 0.788 bits per heavy atom. The van der Waals surface area contributed by atoms with E-state index in [0.29, 0.717) is 51.2 Å². The Bertz CT molecular complexity index is 2060. The molecule has 0 atom stereocenters. The van der Waals surface area contributed by atoms with Gasteiger partial charge in [0.15, 0.2) is 17.2 Å². The monoisotopic (exact) mass is 758 g/mol. The number of Topliss-reactive ketones (excluding diaryl/α,β-unsaturated/α-hetero) is 2. The van der Waals surface area contributed by atoms with Gasteiger partial charge in [0.25, 0.3) is 11.5 Å². The second-order valence-corrected chi connectivity index (χ2v) is 10.6. The Morgan fingerprint density at radius 3 is 1.69 bits per heavy atom. The number of aliphatic carboxylic acids is 1. The van der Waals surface area contributed by atoms with Crippen LogP contribution in [-0.4, -0.2) is 87.6 Å². The second kappa shape index (κ2) is 19.9. The second-order valence-electron chi connectivity index (χ2n) is 9.97. The molecule has 2 aromatic carbocycles. The lowest BCUT2D eigenvalue weighted by Crippen LogP contribution is -2.21. The average Bonchev–Trinajstić information content (AvgIpc) is 3.13.